The van der Waals surface area contributed by atoms with Crippen LogP contribution in [0.2, 0.25) is 0 Å². The van der Waals surface area contributed by atoms with Crippen LogP contribution < -0.4 is 0 Å². The Labute approximate surface area is 114 Å². The summed E-state index contributed by atoms with van der Waals surface area (Å²) < 4.78 is 0. The fourth-order valence-electron chi connectivity index (χ4n) is 3.86. The number of carbonyl (C=O) groups is 1. The zero-order chi connectivity index (χ0) is 13.4. The molecular weight excluding hydrogens is 236 g/mol. The van der Waals surface area contributed by atoms with Gasteiger partial charge in [0.05, 0.1) is 12.0 Å². The maximum Gasteiger partial charge on any atom is 0.139 e. The Hall–Kier alpha value is -1.41. The molecular formula is C17H20O2. The molecule has 0 saturated heterocycles. The minimum atomic E-state index is -0.662. The average molecular weight is 256 g/mol. The van der Waals surface area contributed by atoms with E-state index in [1.54, 1.807) is 0 Å². The van der Waals surface area contributed by atoms with Crippen molar-refractivity contribution in [2.75, 3.05) is 0 Å². The number of benzene rings is 1. The number of aliphatic hydroxyl groups is 1. The first kappa shape index (κ1) is 12.6. The first-order chi connectivity index (χ1) is 9.15. The fraction of sp³-hybridized carbons (Fsp3) is 0.471. The van der Waals surface area contributed by atoms with Crippen LogP contribution in [0, 0.1) is 17.8 Å². The first-order valence-electron chi connectivity index (χ1n) is 7.07. The van der Waals surface area contributed by atoms with Gasteiger partial charge in [-0.3, -0.25) is 4.79 Å². The molecule has 0 amide bonds. The van der Waals surface area contributed by atoms with E-state index in [0.29, 0.717) is 12.3 Å². The van der Waals surface area contributed by atoms with E-state index >= 15 is 0 Å². The second kappa shape index (κ2) is 4.93. The maximum atomic E-state index is 12.3. The highest BCUT2D eigenvalue weighted by atomic mass is 16.3. The summed E-state index contributed by atoms with van der Waals surface area (Å²) >= 11 is 0. The number of hydrogen-bond acceptors (Lipinski definition) is 2. The van der Waals surface area contributed by atoms with E-state index in [0.717, 1.165) is 24.8 Å². The van der Waals surface area contributed by atoms with Crippen molar-refractivity contribution in [2.45, 2.75) is 31.8 Å². The lowest BCUT2D eigenvalue weighted by Crippen LogP contribution is -2.39. The maximum absolute atomic E-state index is 12.3. The number of fused-ring (bicyclic) bond motifs is 2. The highest BCUT2D eigenvalue weighted by Crippen LogP contribution is 2.47. The van der Waals surface area contributed by atoms with Crippen LogP contribution in [-0.2, 0) is 4.79 Å². The smallest absolute Gasteiger partial charge is 0.139 e. The van der Waals surface area contributed by atoms with Crippen LogP contribution >= 0.6 is 0 Å². The van der Waals surface area contributed by atoms with Crippen LogP contribution in [0.4, 0.5) is 0 Å². The molecule has 0 spiro atoms. The van der Waals surface area contributed by atoms with Crippen molar-refractivity contribution in [2.24, 2.45) is 17.8 Å². The summed E-state index contributed by atoms with van der Waals surface area (Å²) in [4.78, 5) is 12.3. The average Bonchev–Trinajstić information content (AvgIpc) is 2.38. The van der Waals surface area contributed by atoms with Crippen molar-refractivity contribution in [3.63, 3.8) is 0 Å². The first-order valence-corrected chi connectivity index (χ1v) is 7.07. The summed E-state index contributed by atoms with van der Waals surface area (Å²) in [7, 11) is 0. The molecule has 0 aliphatic heterocycles. The van der Waals surface area contributed by atoms with E-state index in [1.807, 2.05) is 30.3 Å². The van der Waals surface area contributed by atoms with Gasteiger partial charge in [0.25, 0.3) is 0 Å². The predicted molar refractivity (Wildman–Crippen MR) is 74.5 cm³/mol. The normalized spacial score (nSPS) is 32.2. The Morgan fingerprint density at radius 3 is 2.63 bits per heavy atom. The largest absolute Gasteiger partial charge is 0.388 e. The Kier molecular flexibility index (Phi) is 3.28. The van der Waals surface area contributed by atoms with Gasteiger partial charge >= 0.3 is 0 Å². The summed E-state index contributed by atoms with van der Waals surface area (Å²) in [5.41, 5.74) is 2.11. The molecule has 1 N–H and O–H groups in total. The molecule has 19 heavy (non-hydrogen) atoms. The Bertz CT molecular complexity index is 491. The number of aliphatic hydroxyl groups excluding tert-OH is 1. The second-order valence-corrected chi connectivity index (χ2v) is 6.07. The minimum absolute atomic E-state index is 0.240. The van der Waals surface area contributed by atoms with Gasteiger partial charge in [-0.2, -0.15) is 0 Å². The predicted octanol–water partition coefficient (Wildman–Crippen LogP) is 3.28. The van der Waals surface area contributed by atoms with E-state index in [9.17, 15) is 9.90 Å². The molecule has 100 valence electrons. The Balaban J connectivity index is 1.86. The number of allylic oxidation sites excluding steroid dienone is 1. The molecule has 2 aliphatic carbocycles. The number of Topliss-reactive ketones (excluding diaryl/α,β-unsaturated/α-hetero) is 1. The van der Waals surface area contributed by atoms with Crippen molar-refractivity contribution >= 4 is 5.78 Å². The fourth-order valence-corrected chi connectivity index (χ4v) is 3.86. The molecule has 1 unspecified atom stereocenters. The lowest BCUT2D eigenvalue weighted by molar-refractivity contribution is -0.134. The highest BCUT2D eigenvalue weighted by Gasteiger charge is 2.43. The molecule has 0 heterocycles. The van der Waals surface area contributed by atoms with Gasteiger partial charge in [0, 0.05) is 6.42 Å². The van der Waals surface area contributed by atoms with Crippen molar-refractivity contribution in [1.82, 2.24) is 0 Å². The van der Waals surface area contributed by atoms with Gasteiger partial charge in [-0.1, -0.05) is 42.5 Å². The zero-order valence-corrected chi connectivity index (χ0v) is 11.1. The molecule has 0 radical (unpaired) electrons. The van der Waals surface area contributed by atoms with Crippen molar-refractivity contribution in [3.05, 3.63) is 48.0 Å². The van der Waals surface area contributed by atoms with Crippen LogP contribution in [0.25, 0.3) is 0 Å². The summed E-state index contributed by atoms with van der Waals surface area (Å²) in [6, 6.07) is 9.56. The molecule has 2 nitrogen and oxygen atoms in total. The zero-order valence-electron chi connectivity index (χ0n) is 11.1. The number of ketones is 1. The molecule has 4 atom stereocenters. The Morgan fingerprint density at radius 2 is 1.89 bits per heavy atom. The highest BCUT2D eigenvalue weighted by molar-refractivity contribution is 5.83. The van der Waals surface area contributed by atoms with Gasteiger partial charge in [0.15, 0.2) is 0 Å². The van der Waals surface area contributed by atoms with Gasteiger partial charge in [-0.15, -0.1) is 0 Å². The SMILES string of the molecule is C=C1CC2C[C@H](C1)CC(=O)[C@@H]2[C@@H](O)c1ccccc1. The molecule has 2 aliphatic rings. The third-order valence-corrected chi connectivity index (χ3v) is 4.62. The molecule has 0 aromatic heterocycles. The number of rotatable bonds is 2. The summed E-state index contributed by atoms with van der Waals surface area (Å²) in [6.07, 6.45) is 2.92. The molecule has 1 aromatic carbocycles. The summed E-state index contributed by atoms with van der Waals surface area (Å²) in [6.45, 7) is 4.10. The second-order valence-electron chi connectivity index (χ2n) is 6.07. The van der Waals surface area contributed by atoms with Gasteiger partial charge < -0.3 is 5.11 Å². The van der Waals surface area contributed by atoms with Crippen molar-refractivity contribution < 1.29 is 9.90 Å². The van der Waals surface area contributed by atoms with Crippen molar-refractivity contribution in [3.8, 4) is 0 Å². The van der Waals surface area contributed by atoms with Crippen LogP contribution in [0.15, 0.2) is 42.5 Å². The molecule has 2 fully saturated rings. The topological polar surface area (TPSA) is 37.3 Å². The summed E-state index contributed by atoms with van der Waals surface area (Å²) in [5.74, 6) is 0.751. The standard InChI is InChI=1S/C17H20O2/c1-11-7-12-9-14(8-11)16(15(18)10-12)17(19)13-5-3-2-4-6-13/h2-6,12,14,16-17,19H,1,7-10H2/t12-,14?,16+,17-/m0/s1. The molecule has 2 saturated carbocycles. The molecule has 2 heteroatoms. The monoisotopic (exact) mass is 256 g/mol. The minimum Gasteiger partial charge on any atom is -0.388 e. The van der Waals surface area contributed by atoms with E-state index in [-0.39, 0.29) is 17.6 Å². The van der Waals surface area contributed by atoms with Crippen LogP contribution in [0.3, 0.4) is 0 Å². The van der Waals surface area contributed by atoms with Gasteiger partial charge in [-0.25, -0.2) is 0 Å². The van der Waals surface area contributed by atoms with Gasteiger partial charge in [-0.05, 0) is 36.7 Å². The van der Waals surface area contributed by atoms with Gasteiger partial charge in [0.1, 0.15) is 5.78 Å². The van der Waals surface area contributed by atoms with E-state index in [2.05, 4.69) is 6.58 Å². The number of hydrogen-bond donors (Lipinski definition) is 1. The third kappa shape index (κ3) is 2.37. The quantitative estimate of drug-likeness (QED) is 0.824. The lowest BCUT2D eigenvalue weighted by atomic mass is 9.63. The van der Waals surface area contributed by atoms with Crippen LogP contribution in [0.1, 0.15) is 37.4 Å². The van der Waals surface area contributed by atoms with E-state index in [4.69, 9.17) is 0 Å². The number of carbonyl (C=O) groups excluding carboxylic acids is 1. The lowest BCUT2D eigenvalue weighted by Gasteiger charge is -2.42. The van der Waals surface area contributed by atoms with Crippen LogP contribution in [-0.4, -0.2) is 10.9 Å². The molecule has 1 aromatic rings. The van der Waals surface area contributed by atoms with E-state index < -0.39 is 6.10 Å². The van der Waals surface area contributed by atoms with Crippen LogP contribution in [0.5, 0.6) is 0 Å². The van der Waals surface area contributed by atoms with Gasteiger partial charge in [0.2, 0.25) is 0 Å². The third-order valence-electron chi connectivity index (χ3n) is 4.62. The molecule has 3 rings (SSSR count). The summed E-state index contributed by atoms with van der Waals surface area (Å²) in [5, 5.41) is 10.6. The van der Waals surface area contributed by atoms with E-state index in [1.165, 1.54) is 5.57 Å². The molecule has 2 bridgehead atoms. The Morgan fingerprint density at radius 1 is 1.16 bits per heavy atom. The van der Waals surface area contributed by atoms with Crippen molar-refractivity contribution in [1.29, 1.82) is 0 Å².